The summed E-state index contributed by atoms with van der Waals surface area (Å²) >= 11 is 0. The van der Waals surface area contributed by atoms with E-state index in [1.165, 1.54) is 4.90 Å². The summed E-state index contributed by atoms with van der Waals surface area (Å²) in [6.45, 7) is 2.78. The number of rotatable bonds is 1. The summed E-state index contributed by atoms with van der Waals surface area (Å²) in [6.07, 6.45) is -1.05. The fourth-order valence-corrected chi connectivity index (χ4v) is 4.36. The van der Waals surface area contributed by atoms with Crippen LogP contribution in [0.1, 0.15) is 35.7 Å². The van der Waals surface area contributed by atoms with Gasteiger partial charge in [0.2, 0.25) is 0 Å². The number of aromatic nitrogens is 3. The first-order valence-electron chi connectivity index (χ1n) is 10.2. The first-order valence-corrected chi connectivity index (χ1v) is 10.2. The monoisotopic (exact) mass is 449 g/mol. The van der Waals surface area contributed by atoms with Crippen LogP contribution in [-0.4, -0.2) is 31.9 Å². The number of hydrogen-bond acceptors (Lipinski definition) is 4. The highest BCUT2D eigenvalue weighted by Crippen LogP contribution is 2.36. The Morgan fingerprint density at radius 3 is 2.91 bits per heavy atom. The zero-order chi connectivity index (χ0) is 22.6. The van der Waals surface area contributed by atoms with E-state index < -0.39 is 23.6 Å². The number of alkyl halides is 3. The summed E-state index contributed by atoms with van der Waals surface area (Å²) in [4.78, 5) is 14.5. The number of fused-ring (bicyclic) bond motifs is 5. The maximum atomic E-state index is 13.6. The molecule has 3 aromatic rings. The number of urea groups is 1. The van der Waals surface area contributed by atoms with Crippen molar-refractivity contribution in [3.63, 3.8) is 0 Å². The molecule has 2 aliphatic heterocycles. The third-order valence-corrected chi connectivity index (χ3v) is 5.95. The molecule has 1 aromatic carbocycles. The average Bonchev–Trinajstić information content (AvgIpc) is 3.27. The highest BCUT2D eigenvalue weighted by molar-refractivity contribution is 5.90. The van der Waals surface area contributed by atoms with E-state index in [4.69, 9.17) is 9.62 Å². The molecular weight excluding hydrogens is 430 g/mol. The second-order valence-corrected chi connectivity index (χ2v) is 8.09. The molecule has 0 unspecified atom stereocenters. The Kier molecular flexibility index (Phi) is 4.72. The molecule has 5 rings (SSSR count). The molecule has 2 aromatic heterocycles. The molecule has 0 spiro atoms. The van der Waals surface area contributed by atoms with Crippen LogP contribution in [-0.2, 0) is 32.1 Å². The summed E-state index contributed by atoms with van der Waals surface area (Å²) in [5.74, 6) is -1.39. The molecule has 0 radical (unpaired) electrons. The van der Waals surface area contributed by atoms with Gasteiger partial charge in [-0.3, -0.25) is 4.68 Å². The molecule has 0 fully saturated rings. The minimum atomic E-state index is -4.86. The highest BCUT2D eigenvalue weighted by atomic mass is 19.4. The Labute approximate surface area is 180 Å². The SMILES string of the molecule is C[C@@H]1Cc2nn3c(c2CN1C(=O)Nc1ccc(F)c(C(F)(F)F)c1)-c1nocc1CCC3. The number of amides is 2. The first-order chi connectivity index (χ1) is 15.2. The Balaban J connectivity index is 1.44. The summed E-state index contributed by atoms with van der Waals surface area (Å²) in [6, 6.07) is 1.59. The molecule has 1 N–H and O–H groups in total. The van der Waals surface area contributed by atoms with Crippen LogP contribution in [0.15, 0.2) is 29.0 Å². The lowest BCUT2D eigenvalue weighted by Gasteiger charge is -2.33. The van der Waals surface area contributed by atoms with Gasteiger partial charge >= 0.3 is 12.2 Å². The van der Waals surface area contributed by atoms with Gasteiger partial charge in [-0.05, 0) is 38.0 Å². The second kappa shape index (κ2) is 7.35. The van der Waals surface area contributed by atoms with Crippen molar-refractivity contribution in [2.24, 2.45) is 0 Å². The Morgan fingerprint density at radius 2 is 2.12 bits per heavy atom. The van der Waals surface area contributed by atoms with E-state index in [0.29, 0.717) is 24.2 Å². The van der Waals surface area contributed by atoms with Crippen LogP contribution in [0.4, 0.5) is 28.0 Å². The van der Waals surface area contributed by atoms with Crippen LogP contribution < -0.4 is 5.32 Å². The summed E-state index contributed by atoms with van der Waals surface area (Å²) in [5.41, 5.74) is 2.66. The van der Waals surface area contributed by atoms with Crippen molar-refractivity contribution in [3.05, 3.63) is 52.7 Å². The van der Waals surface area contributed by atoms with Gasteiger partial charge in [-0.2, -0.15) is 18.3 Å². The van der Waals surface area contributed by atoms with Crippen LogP contribution in [0.25, 0.3) is 11.4 Å². The number of carbonyl (C=O) groups is 1. The number of aryl methyl sites for hydroxylation is 2. The predicted molar refractivity (Wildman–Crippen MR) is 105 cm³/mol. The van der Waals surface area contributed by atoms with Crippen molar-refractivity contribution >= 4 is 11.7 Å². The number of nitrogens with one attached hydrogen (secondary N) is 1. The van der Waals surface area contributed by atoms with Crippen molar-refractivity contribution in [2.75, 3.05) is 5.32 Å². The van der Waals surface area contributed by atoms with Gasteiger partial charge in [0.05, 0.1) is 23.5 Å². The van der Waals surface area contributed by atoms with Gasteiger partial charge in [0.15, 0.2) is 0 Å². The topological polar surface area (TPSA) is 76.2 Å². The molecule has 1 atom stereocenters. The van der Waals surface area contributed by atoms with E-state index >= 15 is 0 Å². The molecule has 0 bridgehead atoms. The zero-order valence-corrected chi connectivity index (χ0v) is 17.0. The van der Waals surface area contributed by atoms with Crippen LogP contribution in [0.5, 0.6) is 0 Å². The molecule has 7 nitrogen and oxygen atoms in total. The van der Waals surface area contributed by atoms with E-state index in [1.807, 2.05) is 11.6 Å². The smallest absolute Gasteiger partial charge is 0.364 e. The Bertz CT molecular complexity index is 1200. The largest absolute Gasteiger partial charge is 0.419 e. The van der Waals surface area contributed by atoms with Crippen molar-refractivity contribution in [3.8, 4) is 11.4 Å². The number of anilines is 1. The van der Waals surface area contributed by atoms with E-state index in [-0.39, 0.29) is 18.3 Å². The predicted octanol–water partition coefficient (Wildman–Crippen LogP) is 4.62. The quantitative estimate of drug-likeness (QED) is 0.550. The van der Waals surface area contributed by atoms with Crippen LogP contribution in [0, 0.1) is 5.82 Å². The molecule has 0 aliphatic carbocycles. The van der Waals surface area contributed by atoms with Gasteiger partial charge in [0, 0.05) is 35.8 Å². The number of benzene rings is 1. The zero-order valence-electron chi connectivity index (χ0n) is 17.0. The molecule has 4 heterocycles. The van der Waals surface area contributed by atoms with Gasteiger partial charge in [-0.15, -0.1) is 0 Å². The van der Waals surface area contributed by atoms with Gasteiger partial charge in [-0.25, -0.2) is 9.18 Å². The van der Waals surface area contributed by atoms with Crippen molar-refractivity contribution in [1.82, 2.24) is 19.8 Å². The lowest BCUT2D eigenvalue weighted by atomic mass is 9.98. The third-order valence-electron chi connectivity index (χ3n) is 5.95. The van der Waals surface area contributed by atoms with Gasteiger partial charge in [0.25, 0.3) is 0 Å². The fourth-order valence-electron chi connectivity index (χ4n) is 4.36. The maximum absolute atomic E-state index is 13.6. The van der Waals surface area contributed by atoms with Crippen LogP contribution in [0.3, 0.4) is 0 Å². The van der Waals surface area contributed by atoms with Gasteiger partial charge in [-0.1, -0.05) is 5.16 Å². The van der Waals surface area contributed by atoms with E-state index in [0.717, 1.165) is 48.0 Å². The molecule has 2 amide bonds. The highest BCUT2D eigenvalue weighted by Gasteiger charge is 2.36. The van der Waals surface area contributed by atoms with Crippen LogP contribution >= 0.6 is 0 Å². The molecule has 0 saturated carbocycles. The standard InChI is InChI=1S/C21H19F4N5O2/c1-11-7-17-14(19-18-12(10-32-28-18)3-2-6-30(19)27-17)9-29(11)20(31)26-13-4-5-16(22)15(8-13)21(23,24)25/h4-5,8,10-11H,2-3,6-7,9H2,1H3,(H,26,31)/t11-/m1/s1. The molecule has 0 saturated heterocycles. The minimum Gasteiger partial charge on any atom is -0.364 e. The van der Waals surface area contributed by atoms with E-state index in [9.17, 15) is 22.4 Å². The molecule has 11 heteroatoms. The number of carbonyl (C=O) groups excluding carboxylic acids is 1. The Hall–Kier alpha value is -3.37. The van der Waals surface area contributed by atoms with E-state index in [2.05, 4.69) is 10.5 Å². The summed E-state index contributed by atoms with van der Waals surface area (Å²) < 4.78 is 59.7. The first kappa shape index (κ1) is 20.5. The lowest BCUT2D eigenvalue weighted by molar-refractivity contribution is -0.139. The summed E-state index contributed by atoms with van der Waals surface area (Å²) in [7, 11) is 0. The average molecular weight is 449 g/mol. The molecule has 2 aliphatic rings. The molecular formula is C21H19F4N5O2. The fraction of sp³-hybridized carbons (Fsp3) is 0.381. The number of nitrogens with zero attached hydrogens (tertiary/aromatic N) is 4. The number of hydrogen-bond donors (Lipinski definition) is 1. The van der Waals surface area contributed by atoms with Gasteiger partial charge < -0.3 is 14.7 Å². The lowest BCUT2D eigenvalue weighted by Crippen LogP contribution is -2.44. The molecule has 32 heavy (non-hydrogen) atoms. The van der Waals surface area contributed by atoms with Crippen molar-refractivity contribution in [1.29, 1.82) is 0 Å². The van der Waals surface area contributed by atoms with E-state index in [1.54, 1.807) is 6.26 Å². The summed E-state index contributed by atoms with van der Waals surface area (Å²) in [5, 5.41) is 11.3. The Morgan fingerprint density at radius 1 is 1.31 bits per heavy atom. The van der Waals surface area contributed by atoms with Crippen LogP contribution in [0.2, 0.25) is 0 Å². The molecule has 168 valence electrons. The maximum Gasteiger partial charge on any atom is 0.419 e. The normalized spacial score (nSPS) is 17.9. The van der Waals surface area contributed by atoms with Crippen molar-refractivity contribution in [2.45, 2.75) is 51.5 Å². The minimum absolute atomic E-state index is 0.130. The van der Waals surface area contributed by atoms with Gasteiger partial charge in [0.1, 0.15) is 17.8 Å². The van der Waals surface area contributed by atoms with Crippen molar-refractivity contribution < 1.29 is 26.9 Å². The second-order valence-electron chi connectivity index (χ2n) is 8.09. The number of halogens is 4. The third kappa shape index (κ3) is 3.41.